The van der Waals surface area contributed by atoms with Crippen molar-refractivity contribution in [1.29, 1.82) is 0 Å². The Kier molecular flexibility index (Phi) is 4.98. The van der Waals surface area contributed by atoms with E-state index in [9.17, 15) is 4.57 Å². The summed E-state index contributed by atoms with van der Waals surface area (Å²) in [6, 6.07) is 0. The molecule has 0 aromatic heterocycles. The molecule has 0 aliphatic rings. The third-order valence-electron chi connectivity index (χ3n) is 1.38. The van der Waals surface area contributed by atoms with Crippen LogP contribution in [0.5, 0.6) is 0 Å². The van der Waals surface area contributed by atoms with E-state index in [-0.39, 0.29) is 5.66 Å². The Morgan fingerprint density at radius 3 is 2.27 bits per heavy atom. The second kappa shape index (κ2) is 4.91. The molecule has 3 nitrogen and oxygen atoms in total. The first kappa shape index (κ1) is 11.2. The van der Waals surface area contributed by atoms with Crippen molar-refractivity contribution in [2.45, 2.75) is 33.4 Å². The summed E-state index contributed by atoms with van der Waals surface area (Å²) in [6.45, 7) is 8.77. The van der Waals surface area contributed by atoms with Gasteiger partial charge in [0.1, 0.15) is 0 Å². The lowest BCUT2D eigenvalue weighted by atomic mass is 10.6. The molecule has 0 spiro atoms. The summed E-state index contributed by atoms with van der Waals surface area (Å²) in [4.78, 5) is 0. The minimum Gasteiger partial charge on any atom is -0.318 e. The number of nitrogens with one attached hydrogen (secondary N) is 1. The van der Waals surface area contributed by atoms with Crippen LogP contribution in [0.15, 0.2) is 0 Å². The Labute approximate surface area is 69.0 Å². The van der Waals surface area contributed by atoms with E-state index in [4.69, 9.17) is 4.52 Å². The topological polar surface area (TPSA) is 38.3 Å². The first-order valence-electron chi connectivity index (χ1n) is 4.06. The van der Waals surface area contributed by atoms with Crippen LogP contribution in [-0.2, 0) is 9.09 Å². The second-order valence-corrected chi connectivity index (χ2v) is 5.42. The van der Waals surface area contributed by atoms with Crippen LogP contribution in [0.3, 0.4) is 0 Å². The molecular formula is C7H18NO2P. The summed E-state index contributed by atoms with van der Waals surface area (Å²) < 4.78 is 17.0. The molecule has 4 heteroatoms. The first-order valence-corrected chi connectivity index (χ1v) is 5.75. The minimum absolute atomic E-state index is 0.0578. The van der Waals surface area contributed by atoms with Crippen molar-refractivity contribution in [3.05, 3.63) is 0 Å². The van der Waals surface area contributed by atoms with Crippen molar-refractivity contribution in [1.82, 2.24) is 5.09 Å². The zero-order valence-electron chi connectivity index (χ0n) is 7.76. The van der Waals surface area contributed by atoms with E-state index >= 15 is 0 Å². The highest BCUT2D eigenvalue weighted by atomic mass is 31.2. The fourth-order valence-electron chi connectivity index (χ4n) is 0.789. The van der Waals surface area contributed by atoms with Crippen LogP contribution in [0, 0.1) is 0 Å². The highest BCUT2D eigenvalue weighted by Gasteiger charge is 2.25. The quantitative estimate of drug-likeness (QED) is 0.658. The summed E-state index contributed by atoms with van der Waals surface area (Å²) >= 11 is 0. The van der Waals surface area contributed by atoms with Crippen LogP contribution in [0.25, 0.3) is 0 Å². The highest BCUT2D eigenvalue weighted by molar-refractivity contribution is 7.57. The van der Waals surface area contributed by atoms with Crippen molar-refractivity contribution in [3.63, 3.8) is 0 Å². The third kappa shape index (κ3) is 3.37. The van der Waals surface area contributed by atoms with Gasteiger partial charge in [0, 0.05) is 12.2 Å². The molecule has 0 bridgehead atoms. The lowest BCUT2D eigenvalue weighted by Crippen LogP contribution is -2.18. The first-order chi connectivity index (χ1) is 5.06. The maximum atomic E-state index is 11.8. The van der Waals surface area contributed by atoms with Crippen LogP contribution in [0.4, 0.5) is 0 Å². The van der Waals surface area contributed by atoms with Crippen LogP contribution in [0.2, 0.25) is 0 Å². The zero-order chi connectivity index (χ0) is 8.91. The molecule has 0 amide bonds. The Bertz CT molecular complexity index is 137. The summed E-state index contributed by atoms with van der Waals surface area (Å²) in [5, 5.41) is 2.89. The Hall–Kier alpha value is 0.150. The molecule has 0 saturated carbocycles. The minimum atomic E-state index is -2.54. The smallest absolute Gasteiger partial charge is 0.272 e. The average Bonchev–Trinajstić information content (AvgIpc) is 1.88. The van der Waals surface area contributed by atoms with E-state index in [0.29, 0.717) is 13.2 Å². The summed E-state index contributed by atoms with van der Waals surface area (Å²) in [7, 11) is -2.54. The second-order valence-electron chi connectivity index (χ2n) is 2.62. The number of rotatable bonds is 5. The van der Waals surface area contributed by atoms with E-state index < -0.39 is 7.52 Å². The fourth-order valence-corrected chi connectivity index (χ4v) is 2.37. The van der Waals surface area contributed by atoms with Gasteiger partial charge in [-0.3, -0.25) is 4.57 Å². The summed E-state index contributed by atoms with van der Waals surface area (Å²) in [5.41, 5.74) is 0.0578. The van der Waals surface area contributed by atoms with E-state index in [1.807, 2.05) is 27.7 Å². The average molecular weight is 179 g/mol. The van der Waals surface area contributed by atoms with Gasteiger partial charge >= 0.3 is 0 Å². The van der Waals surface area contributed by atoms with E-state index in [2.05, 4.69) is 5.09 Å². The maximum absolute atomic E-state index is 11.8. The van der Waals surface area contributed by atoms with Gasteiger partial charge in [0.25, 0.3) is 7.52 Å². The molecule has 0 aliphatic carbocycles. The summed E-state index contributed by atoms with van der Waals surface area (Å²) in [6.07, 6.45) is 0. The van der Waals surface area contributed by atoms with E-state index in [1.165, 1.54) is 0 Å². The van der Waals surface area contributed by atoms with Gasteiger partial charge < -0.3 is 4.52 Å². The van der Waals surface area contributed by atoms with Crippen molar-refractivity contribution in [2.75, 3.05) is 13.2 Å². The van der Waals surface area contributed by atoms with Gasteiger partial charge in [0.2, 0.25) is 0 Å². The molecule has 0 fully saturated rings. The van der Waals surface area contributed by atoms with Gasteiger partial charge in [-0.25, -0.2) is 5.09 Å². The Morgan fingerprint density at radius 2 is 2.00 bits per heavy atom. The van der Waals surface area contributed by atoms with E-state index in [0.717, 1.165) is 0 Å². The molecule has 68 valence electrons. The van der Waals surface area contributed by atoms with Crippen LogP contribution >= 0.6 is 7.52 Å². The van der Waals surface area contributed by atoms with Crippen molar-refractivity contribution >= 4 is 7.52 Å². The van der Waals surface area contributed by atoms with Crippen molar-refractivity contribution < 1.29 is 9.09 Å². The largest absolute Gasteiger partial charge is 0.318 e. The van der Waals surface area contributed by atoms with Gasteiger partial charge in [-0.2, -0.15) is 0 Å². The Morgan fingerprint density at radius 1 is 1.45 bits per heavy atom. The predicted octanol–water partition coefficient (Wildman–Crippen LogP) is 2.23. The fraction of sp³-hybridized carbons (Fsp3) is 1.00. The number of hydrogen-bond donors (Lipinski definition) is 1. The predicted molar refractivity (Wildman–Crippen MR) is 48.0 cm³/mol. The molecular weight excluding hydrogens is 161 g/mol. The molecule has 0 aromatic carbocycles. The Balaban J connectivity index is 4.14. The lowest BCUT2D eigenvalue weighted by molar-refractivity contribution is 0.319. The molecule has 1 atom stereocenters. The SMILES string of the molecule is CCNP(=O)(OCC)C(C)C. The van der Waals surface area contributed by atoms with E-state index in [1.54, 1.807) is 0 Å². The molecule has 11 heavy (non-hydrogen) atoms. The molecule has 1 N–H and O–H groups in total. The standard InChI is InChI=1S/C7H18NO2P/c1-5-8-11(9,7(3)4)10-6-2/h7H,5-6H2,1-4H3,(H,8,9). The van der Waals surface area contributed by atoms with Crippen molar-refractivity contribution in [2.24, 2.45) is 0 Å². The molecule has 1 unspecified atom stereocenters. The normalized spacial score (nSPS) is 16.8. The highest BCUT2D eigenvalue weighted by Crippen LogP contribution is 2.46. The molecule has 0 saturated heterocycles. The van der Waals surface area contributed by atoms with Gasteiger partial charge in [-0.1, -0.05) is 20.8 Å². The maximum Gasteiger partial charge on any atom is 0.272 e. The van der Waals surface area contributed by atoms with Gasteiger partial charge in [-0.15, -0.1) is 0 Å². The lowest BCUT2D eigenvalue weighted by Gasteiger charge is -2.21. The monoisotopic (exact) mass is 179 g/mol. The molecule has 0 aromatic rings. The van der Waals surface area contributed by atoms with Crippen LogP contribution in [0.1, 0.15) is 27.7 Å². The van der Waals surface area contributed by atoms with Crippen LogP contribution in [-0.4, -0.2) is 18.8 Å². The summed E-state index contributed by atoms with van der Waals surface area (Å²) in [5.74, 6) is 0. The third-order valence-corrected chi connectivity index (χ3v) is 4.14. The molecule has 0 aliphatic heterocycles. The van der Waals surface area contributed by atoms with Crippen molar-refractivity contribution in [3.8, 4) is 0 Å². The van der Waals surface area contributed by atoms with Crippen LogP contribution < -0.4 is 5.09 Å². The van der Waals surface area contributed by atoms with Gasteiger partial charge in [0.15, 0.2) is 0 Å². The van der Waals surface area contributed by atoms with Gasteiger partial charge in [0.05, 0.1) is 6.61 Å². The van der Waals surface area contributed by atoms with Gasteiger partial charge in [-0.05, 0) is 6.92 Å². The number of hydrogen-bond acceptors (Lipinski definition) is 2. The molecule has 0 rings (SSSR count). The molecule has 0 radical (unpaired) electrons. The zero-order valence-corrected chi connectivity index (χ0v) is 8.65. The molecule has 0 heterocycles.